The molecule has 0 aliphatic heterocycles. The zero-order valence-corrected chi connectivity index (χ0v) is 11.3. The molecule has 0 bridgehead atoms. The first kappa shape index (κ1) is 15.3. The maximum Gasteiger partial charge on any atom is 0.322 e. The predicted octanol–water partition coefficient (Wildman–Crippen LogP) is -0.430. The second-order valence-electron chi connectivity index (χ2n) is 3.69. The summed E-state index contributed by atoms with van der Waals surface area (Å²) in [7, 11) is -2.85. The lowest BCUT2D eigenvalue weighted by Gasteiger charge is -2.24. The maximum absolute atomic E-state index is 12.1. The lowest BCUT2D eigenvalue weighted by atomic mass is 10.3. The van der Waals surface area contributed by atoms with Crippen LogP contribution in [0.15, 0.2) is 24.3 Å². The number of methoxy groups -OCH3 is 1. The van der Waals surface area contributed by atoms with Gasteiger partial charge in [-0.15, -0.1) is 0 Å². The first-order valence-electron chi connectivity index (χ1n) is 5.45. The zero-order valence-electron chi connectivity index (χ0n) is 10.4. The molecule has 106 valence electrons. The molecule has 0 amide bonds. The van der Waals surface area contributed by atoms with Gasteiger partial charge in [-0.2, -0.15) is 0 Å². The van der Waals surface area contributed by atoms with E-state index in [9.17, 15) is 13.2 Å². The number of nitrogen functional groups attached to an aromatic ring is 1. The van der Waals surface area contributed by atoms with Crippen LogP contribution >= 0.6 is 0 Å². The van der Waals surface area contributed by atoms with Crippen LogP contribution in [0.2, 0.25) is 0 Å². The Morgan fingerprint density at radius 2 is 2.05 bits per heavy atom. The highest BCUT2D eigenvalue weighted by Gasteiger charge is 2.27. The molecular formula is C11H16N2O5S. The summed E-state index contributed by atoms with van der Waals surface area (Å²) in [6.45, 7) is -0.581. The number of anilines is 2. The van der Waals surface area contributed by atoms with Gasteiger partial charge in [0.05, 0.1) is 31.6 Å². The maximum atomic E-state index is 12.1. The van der Waals surface area contributed by atoms with E-state index < -0.39 is 28.4 Å². The Kier molecular flexibility index (Phi) is 5.13. The standard InChI is InChI=1S/C11H16N2O5S/c1-18-11(15)8-19(16,17)13(6-7-14)10-5-3-2-4-9(10)12/h2-5,14H,6-8,12H2,1H3. The molecule has 0 atom stereocenters. The summed E-state index contributed by atoms with van der Waals surface area (Å²) in [6, 6.07) is 6.31. The fourth-order valence-electron chi connectivity index (χ4n) is 1.50. The summed E-state index contributed by atoms with van der Waals surface area (Å²) >= 11 is 0. The van der Waals surface area contributed by atoms with Crippen molar-refractivity contribution in [2.45, 2.75) is 0 Å². The number of esters is 1. The summed E-state index contributed by atoms with van der Waals surface area (Å²) in [4.78, 5) is 11.1. The van der Waals surface area contributed by atoms with E-state index in [0.29, 0.717) is 0 Å². The van der Waals surface area contributed by atoms with E-state index in [1.807, 2.05) is 0 Å². The highest BCUT2D eigenvalue weighted by molar-refractivity contribution is 7.93. The Labute approximate surface area is 111 Å². The second kappa shape index (κ2) is 6.39. The Bertz CT molecular complexity index is 544. The first-order chi connectivity index (χ1) is 8.92. The fourth-order valence-corrected chi connectivity index (χ4v) is 2.90. The highest BCUT2D eigenvalue weighted by Crippen LogP contribution is 2.25. The van der Waals surface area contributed by atoms with Crippen LogP contribution in [0, 0.1) is 0 Å². The Balaban J connectivity index is 3.14. The van der Waals surface area contributed by atoms with E-state index >= 15 is 0 Å². The van der Waals surface area contributed by atoms with Gasteiger partial charge < -0.3 is 15.6 Å². The van der Waals surface area contributed by atoms with Crippen molar-refractivity contribution in [2.75, 3.05) is 36.1 Å². The number of benzene rings is 1. The van der Waals surface area contributed by atoms with E-state index in [0.717, 1.165) is 11.4 Å². The van der Waals surface area contributed by atoms with Crippen molar-refractivity contribution < 1.29 is 23.1 Å². The van der Waals surface area contributed by atoms with E-state index in [4.69, 9.17) is 10.8 Å². The van der Waals surface area contributed by atoms with E-state index in [2.05, 4.69) is 4.74 Å². The number of nitrogens with two attached hydrogens (primary N) is 1. The van der Waals surface area contributed by atoms with Crippen molar-refractivity contribution in [1.82, 2.24) is 0 Å². The summed E-state index contributed by atoms with van der Waals surface area (Å²) < 4.78 is 29.4. The van der Waals surface area contributed by atoms with Gasteiger partial charge in [-0.25, -0.2) is 8.42 Å². The molecule has 7 nitrogen and oxygen atoms in total. The highest BCUT2D eigenvalue weighted by atomic mass is 32.2. The predicted molar refractivity (Wildman–Crippen MR) is 71.1 cm³/mol. The molecule has 0 heterocycles. The number of sulfonamides is 1. The Morgan fingerprint density at radius 1 is 1.42 bits per heavy atom. The van der Waals surface area contributed by atoms with Crippen LogP contribution in [0.1, 0.15) is 0 Å². The number of carbonyl (C=O) groups is 1. The van der Waals surface area contributed by atoms with E-state index in [1.54, 1.807) is 12.1 Å². The van der Waals surface area contributed by atoms with Crippen molar-refractivity contribution in [2.24, 2.45) is 0 Å². The topological polar surface area (TPSA) is 110 Å². The molecular weight excluding hydrogens is 272 g/mol. The lowest BCUT2D eigenvalue weighted by Crippen LogP contribution is -2.38. The molecule has 1 rings (SSSR count). The molecule has 0 unspecified atom stereocenters. The summed E-state index contributed by atoms with van der Waals surface area (Å²) in [5.41, 5.74) is 6.17. The van der Waals surface area contributed by atoms with Gasteiger partial charge in [-0.05, 0) is 12.1 Å². The van der Waals surface area contributed by atoms with Crippen LogP contribution in [0.4, 0.5) is 11.4 Å². The van der Waals surface area contributed by atoms with Gasteiger partial charge in [0.1, 0.15) is 0 Å². The molecule has 0 saturated carbocycles. The number of ether oxygens (including phenoxy) is 1. The number of nitrogens with zero attached hydrogens (tertiary/aromatic N) is 1. The largest absolute Gasteiger partial charge is 0.468 e. The number of rotatable bonds is 6. The molecule has 1 aromatic carbocycles. The van der Waals surface area contributed by atoms with Gasteiger partial charge in [0.2, 0.25) is 10.0 Å². The van der Waals surface area contributed by atoms with Crippen LogP contribution in [0.3, 0.4) is 0 Å². The molecule has 19 heavy (non-hydrogen) atoms. The van der Waals surface area contributed by atoms with Crippen molar-refractivity contribution >= 4 is 27.4 Å². The van der Waals surface area contributed by atoms with E-state index in [-0.39, 0.29) is 17.9 Å². The molecule has 0 radical (unpaired) electrons. The van der Waals surface area contributed by atoms with Crippen molar-refractivity contribution in [1.29, 1.82) is 0 Å². The minimum atomic E-state index is -3.95. The number of hydrogen-bond donors (Lipinski definition) is 2. The third kappa shape index (κ3) is 3.83. The number of aliphatic hydroxyl groups is 1. The summed E-state index contributed by atoms with van der Waals surface area (Å²) in [6.07, 6.45) is 0. The summed E-state index contributed by atoms with van der Waals surface area (Å²) in [5.74, 6) is -1.69. The van der Waals surface area contributed by atoms with Gasteiger partial charge in [0, 0.05) is 0 Å². The number of aliphatic hydroxyl groups excluding tert-OH is 1. The molecule has 3 N–H and O–H groups in total. The van der Waals surface area contributed by atoms with Crippen LogP contribution < -0.4 is 10.0 Å². The third-order valence-electron chi connectivity index (χ3n) is 2.37. The van der Waals surface area contributed by atoms with Gasteiger partial charge in [0.25, 0.3) is 0 Å². The van der Waals surface area contributed by atoms with Crippen LogP contribution in [0.5, 0.6) is 0 Å². The molecule has 8 heteroatoms. The summed E-state index contributed by atoms with van der Waals surface area (Å²) in [5, 5.41) is 8.98. The number of carbonyl (C=O) groups excluding carboxylic acids is 1. The SMILES string of the molecule is COC(=O)CS(=O)(=O)N(CCO)c1ccccc1N. The van der Waals surface area contributed by atoms with Crippen LogP contribution in [-0.2, 0) is 19.6 Å². The normalized spacial score (nSPS) is 11.1. The van der Waals surface area contributed by atoms with Crippen LogP contribution in [0.25, 0.3) is 0 Å². The molecule has 0 fully saturated rings. The minimum absolute atomic E-state index is 0.187. The quantitative estimate of drug-likeness (QED) is 0.543. The molecule has 0 saturated heterocycles. The molecule has 1 aromatic rings. The number of hydrogen-bond acceptors (Lipinski definition) is 6. The van der Waals surface area contributed by atoms with Gasteiger partial charge >= 0.3 is 5.97 Å². The van der Waals surface area contributed by atoms with Gasteiger partial charge in [-0.1, -0.05) is 12.1 Å². The van der Waals surface area contributed by atoms with Crippen molar-refractivity contribution in [3.8, 4) is 0 Å². The van der Waals surface area contributed by atoms with Gasteiger partial charge in [-0.3, -0.25) is 9.10 Å². The molecule has 0 aromatic heterocycles. The Hall–Kier alpha value is -1.80. The lowest BCUT2D eigenvalue weighted by molar-refractivity contribution is -0.137. The zero-order chi connectivity index (χ0) is 14.5. The average molecular weight is 288 g/mol. The molecule has 0 spiro atoms. The van der Waals surface area contributed by atoms with E-state index in [1.165, 1.54) is 12.1 Å². The monoisotopic (exact) mass is 288 g/mol. The minimum Gasteiger partial charge on any atom is -0.468 e. The second-order valence-corrected chi connectivity index (χ2v) is 5.58. The average Bonchev–Trinajstić information content (AvgIpc) is 2.36. The smallest absolute Gasteiger partial charge is 0.322 e. The fraction of sp³-hybridized carbons (Fsp3) is 0.364. The van der Waals surface area contributed by atoms with Crippen molar-refractivity contribution in [3.05, 3.63) is 24.3 Å². The van der Waals surface area contributed by atoms with Gasteiger partial charge in [0.15, 0.2) is 5.75 Å². The van der Waals surface area contributed by atoms with Crippen LogP contribution in [-0.4, -0.2) is 45.5 Å². The molecule has 0 aliphatic rings. The Morgan fingerprint density at radius 3 is 2.58 bits per heavy atom. The van der Waals surface area contributed by atoms with Crippen molar-refractivity contribution in [3.63, 3.8) is 0 Å². The molecule has 0 aliphatic carbocycles. The third-order valence-corrected chi connectivity index (χ3v) is 4.02. The first-order valence-corrected chi connectivity index (χ1v) is 7.06. The number of para-hydroxylation sites is 2.